The maximum Gasteiger partial charge on any atom is 0.126 e. The van der Waals surface area contributed by atoms with Crippen LogP contribution in [0.3, 0.4) is 0 Å². The third-order valence-electron chi connectivity index (χ3n) is 2.37. The quantitative estimate of drug-likeness (QED) is 0.751. The van der Waals surface area contributed by atoms with E-state index in [0.717, 1.165) is 5.82 Å². The standard InChI is InChI=1S/C14H25N3O/c1-10(2)16-13-8-6-7-11(17-13)12(18)9-15-14(3,4)5/h6-8,10,12,15,18H,9H2,1-5H3,(H,16,17)/t12-/m1/s1. The molecule has 1 heterocycles. The molecule has 0 spiro atoms. The maximum atomic E-state index is 10.1. The molecule has 1 rings (SSSR count). The Bertz CT molecular complexity index is 372. The number of hydrogen-bond acceptors (Lipinski definition) is 4. The Labute approximate surface area is 110 Å². The van der Waals surface area contributed by atoms with Crippen LogP contribution in [0, 0.1) is 0 Å². The van der Waals surface area contributed by atoms with Crippen LogP contribution in [0.1, 0.15) is 46.4 Å². The number of nitrogens with one attached hydrogen (secondary N) is 2. The Kier molecular flexibility index (Phi) is 5.11. The zero-order valence-electron chi connectivity index (χ0n) is 12.0. The highest BCUT2D eigenvalue weighted by atomic mass is 16.3. The Morgan fingerprint density at radius 2 is 1.94 bits per heavy atom. The predicted molar refractivity (Wildman–Crippen MR) is 75.7 cm³/mol. The molecular formula is C14H25N3O. The van der Waals surface area contributed by atoms with E-state index in [1.807, 2.05) is 18.2 Å². The van der Waals surface area contributed by atoms with E-state index in [1.54, 1.807) is 0 Å². The van der Waals surface area contributed by atoms with Gasteiger partial charge in [-0.05, 0) is 46.8 Å². The highest BCUT2D eigenvalue weighted by Gasteiger charge is 2.14. The van der Waals surface area contributed by atoms with Gasteiger partial charge in [-0.3, -0.25) is 0 Å². The van der Waals surface area contributed by atoms with Crippen LogP contribution >= 0.6 is 0 Å². The van der Waals surface area contributed by atoms with Gasteiger partial charge in [0.15, 0.2) is 0 Å². The van der Waals surface area contributed by atoms with Crippen LogP contribution in [0.2, 0.25) is 0 Å². The second kappa shape index (κ2) is 6.16. The number of aromatic nitrogens is 1. The number of pyridine rings is 1. The second-order valence-corrected chi connectivity index (χ2v) is 5.89. The number of β-amino-alcohol motifs (C(OH)–C–C–N with tert-alkyl or cyclic N) is 1. The van der Waals surface area contributed by atoms with Gasteiger partial charge in [-0.15, -0.1) is 0 Å². The second-order valence-electron chi connectivity index (χ2n) is 5.89. The first-order valence-electron chi connectivity index (χ1n) is 6.44. The average Bonchev–Trinajstić information content (AvgIpc) is 2.24. The summed E-state index contributed by atoms with van der Waals surface area (Å²) in [7, 11) is 0. The molecule has 4 nitrogen and oxygen atoms in total. The summed E-state index contributed by atoms with van der Waals surface area (Å²) in [5.74, 6) is 0.803. The van der Waals surface area contributed by atoms with Gasteiger partial charge in [-0.25, -0.2) is 4.98 Å². The number of aliphatic hydroxyl groups is 1. The molecule has 0 saturated carbocycles. The Morgan fingerprint density at radius 1 is 1.28 bits per heavy atom. The third kappa shape index (κ3) is 5.47. The number of aliphatic hydroxyl groups excluding tert-OH is 1. The SMILES string of the molecule is CC(C)Nc1cccc([C@H](O)CNC(C)(C)C)n1. The first-order valence-corrected chi connectivity index (χ1v) is 6.44. The van der Waals surface area contributed by atoms with Gasteiger partial charge in [-0.2, -0.15) is 0 Å². The predicted octanol–water partition coefficient (Wildman–Crippen LogP) is 2.32. The third-order valence-corrected chi connectivity index (χ3v) is 2.37. The summed E-state index contributed by atoms with van der Waals surface area (Å²) in [5.41, 5.74) is 0.687. The topological polar surface area (TPSA) is 57.2 Å². The van der Waals surface area contributed by atoms with Crippen molar-refractivity contribution < 1.29 is 5.11 Å². The van der Waals surface area contributed by atoms with Gasteiger partial charge >= 0.3 is 0 Å². The molecule has 0 aliphatic carbocycles. The van der Waals surface area contributed by atoms with Crippen molar-refractivity contribution in [2.75, 3.05) is 11.9 Å². The molecule has 1 atom stereocenters. The molecule has 1 aromatic rings. The van der Waals surface area contributed by atoms with Gasteiger partial charge in [-0.1, -0.05) is 6.07 Å². The molecule has 0 aromatic carbocycles. The highest BCUT2D eigenvalue weighted by Crippen LogP contribution is 2.14. The average molecular weight is 251 g/mol. The van der Waals surface area contributed by atoms with Crippen LogP contribution in [0.15, 0.2) is 18.2 Å². The summed E-state index contributed by atoms with van der Waals surface area (Å²) in [5, 5.41) is 16.6. The fourth-order valence-electron chi connectivity index (χ4n) is 1.52. The Morgan fingerprint density at radius 3 is 2.50 bits per heavy atom. The van der Waals surface area contributed by atoms with Gasteiger partial charge < -0.3 is 15.7 Å². The summed E-state index contributed by atoms with van der Waals surface area (Å²) in [6.07, 6.45) is -0.585. The van der Waals surface area contributed by atoms with Crippen molar-refractivity contribution in [1.82, 2.24) is 10.3 Å². The van der Waals surface area contributed by atoms with E-state index in [0.29, 0.717) is 18.3 Å². The number of anilines is 1. The minimum Gasteiger partial charge on any atom is -0.385 e. The fraction of sp³-hybridized carbons (Fsp3) is 0.643. The molecular weight excluding hydrogens is 226 g/mol. The molecule has 0 amide bonds. The van der Waals surface area contributed by atoms with Gasteiger partial charge in [0.2, 0.25) is 0 Å². The van der Waals surface area contributed by atoms with E-state index >= 15 is 0 Å². The van der Waals surface area contributed by atoms with E-state index < -0.39 is 6.10 Å². The summed E-state index contributed by atoms with van der Waals surface area (Å²) in [6, 6.07) is 6.00. The van der Waals surface area contributed by atoms with Crippen LogP contribution in [0.25, 0.3) is 0 Å². The molecule has 0 radical (unpaired) electrons. The van der Waals surface area contributed by atoms with Crippen LogP contribution in [0.4, 0.5) is 5.82 Å². The van der Waals surface area contributed by atoms with E-state index in [2.05, 4.69) is 50.2 Å². The van der Waals surface area contributed by atoms with Crippen LogP contribution in [0.5, 0.6) is 0 Å². The lowest BCUT2D eigenvalue weighted by Crippen LogP contribution is -2.38. The van der Waals surface area contributed by atoms with E-state index in [9.17, 15) is 5.11 Å². The van der Waals surface area contributed by atoms with E-state index in [4.69, 9.17) is 0 Å². The summed E-state index contributed by atoms with van der Waals surface area (Å²) >= 11 is 0. The van der Waals surface area contributed by atoms with Crippen molar-refractivity contribution >= 4 is 5.82 Å². The van der Waals surface area contributed by atoms with Crippen LogP contribution < -0.4 is 10.6 Å². The number of rotatable bonds is 5. The highest BCUT2D eigenvalue weighted by molar-refractivity contribution is 5.36. The molecule has 0 saturated heterocycles. The summed E-state index contributed by atoms with van der Waals surface area (Å²) in [6.45, 7) is 10.8. The van der Waals surface area contributed by atoms with Gasteiger partial charge in [0, 0.05) is 18.1 Å². The molecule has 1 aromatic heterocycles. The zero-order chi connectivity index (χ0) is 13.8. The van der Waals surface area contributed by atoms with Crippen molar-refractivity contribution in [2.24, 2.45) is 0 Å². The molecule has 0 unspecified atom stereocenters. The normalized spacial score (nSPS) is 13.7. The molecule has 0 fully saturated rings. The lowest BCUT2D eigenvalue weighted by atomic mass is 10.1. The largest absolute Gasteiger partial charge is 0.385 e. The first-order chi connectivity index (χ1) is 8.28. The van der Waals surface area contributed by atoms with Crippen LogP contribution in [-0.4, -0.2) is 28.2 Å². The Balaban J connectivity index is 2.65. The van der Waals surface area contributed by atoms with Crippen molar-refractivity contribution in [3.05, 3.63) is 23.9 Å². The van der Waals surface area contributed by atoms with Gasteiger partial charge in [0.25, 0.3) is 0 Å². The lowest BCUT2D eigenvalue weighted by Gasteiger charge is -2.23. The zero-order valence-corrected chi connectivity index (χ0v) is 12.0. The van der Waals surface area contributed by atoms with Crippen molar-refractivity contribution in [1.29, 1.82) is 0 Å². The molecule has 18 heavy (non-hydrogen) atoms. The van der Waals surface area contributed by atoms with E-state index in [1.165, 1.54) is 0 Å². The van der Waals surface area contributed by atoms with Crippen molar-refractivity contribution in [3.8, 4) is 0 Å². The molecule has 0 bridgehead atoms. The molecule has 0 aliphatic heterocycles. The number of hydrogen-bond donors (Lipinski definition) is 3. The summed E-state index contributed by atoms with van der Waals surface area (Å²) < 4.78 is 0. The monoisotopic (exact) mass is 251 g/mol. The van der Waals surface area contributed by atoms with Crippen molar-refractivity contribution in [2.45, 2.75) is 52.3 Å². The van der Waals surface area contributed by atoms with Gasteiger partial charge in [0.1, 0.15) is 11.9 Å². The van der Waals surface area contributed by atoms with Gasteiger partial charge in [0.05, 0.1) is 5.69 Å². The van der Waals surface area contributed by atoms with Crippen molar-refractivity contribution in [3.63, 3.8) is 0 Å². The molecule has 4 heteroatoms. The molecule has 0 aliphatic rings. The first kappa shape index (κ1) is 14.9. The summed E-state index contributed by atoms with van der Waals surface area (Å²) in [4.78, 5) is 4.41. The minimum absolute atomic E-state index is 0.00519. The lowest BCUT2D eigenvalue weighted by molar-refractivity contribution is 0.159. The molecule has 3 N–H and O–H groups in total. The number of nitrogens with zero attached hydrogens (tertiary/aromatic N) is 1. The minimum atomic E-state index is -0.585. The molecule has 102 valence electrons. The fourth-order valence-corrected chi connectivity index (χ4v) is 1.52. The maximum absolute atomic E-state index is 10.1. The van der Waals surface area contributed by atoms with E-state index in [-0.39, 0.29) is 5.54 Å². The van der Waals surface area contributed by atoms with Crippen LogP contribution in [-0.2, 0) is 0 Å². The smallest absolute Gasteiger partial charge is 0.126 e. The Hall–Kier alpha value is -1.13.